The number of phenolic OH excluding ortho intramolecular Hbond substituents is 1. The van der Waals surface area contributed by atoms with Gasteiger partial charge < -0.3 is 19.9 Å². The van der Waals surface area contributed by atoms with Gasteiger partial charge in [0, 0.05) is 28.0 Å². The van der Waals surface area contributed by atoms with Crippen molar-refractivity contribution in [2.24, 2.45) is 4.99 Å². The van der Waals surface area contributed by atoms with Crippen LogP contribution in [0, 0.1) is 0 Å². The summed E-state index contributed by atoms with van der Waals surface area (Å²) in [6, 6.07) is 10.9. The average Bonchev–Trinajstić information content (AvgIpc) is 2.81. The number of halogens is 1. The van der Waals surface area contributed by atoms with Gasteiger partial charge in [0.05, 0.1) is 6.10 Å². The minimum atomic E-state index is -0.0843. The van der Waals surface area contributed by atoms with Gasteiger partial charge in [0.15, 0.2) is 23.0 Å². The molecule has 0 atom stereocenters. The van der Waals surface area contributed by atoms with E-state index in [1.165, 1.54) is 6.33 Å². The van der Waals surface area contributed by atoms with Crippen LogP contribution >= 0.6 is 15.9 Å². The molecule has 0 radical (unpaired) electrons. The summed E-state index contributed by atoms with van der Waals surface area (Å²) in [6.45, 7) is 3.77. The van der Waals surface area contributed by atoms with E-state index in [9.17, 15) is 5.11 Å². The number of aromatic hydroxyl groups is 1. The Morgan fingerprint density at radius 1 is 1.18 bits per heavy atom. The first-order chi connectivity index (χ1) is 13.5. The van der Waals surface area contributed by atoms with Crippen molar-refractivity contribution in [3.63, 3.8) is 0 Å². The van der Waals surface area contributed by atoms with E-state index in [2.05, 4.69) is 36.2 Å². The monoisotopic (exact) mass is 440 g/mol. The van der Waals surface area contributed by atoms with E-state index in [4.69, 9.17) is 9.47 Å². The molecule has 0 amide bonds. The average molecular weight is 441 g/mol. The lowest BCUT2D eigenvalue weighted by molar-refractivity contribution is 0.231. The zero-order valence-electron chi connectivity index (χ0n) is 15.2. The van der Waals surface area contributed by atoms with E-state index in [1.54, 1.807) is 18.3 Å². The SMILES string of the molecule is CC(C)Oc1cc2c(cc1O)C=Nc1c(Nc3cccc(Br)c3)ncnc1O2. The molecule has 2 N–H and O–H groups in total. The third-order valence-corrected chi connectivity index (χ3v) is 4.36. The van der Waals surface area contributed by atoms with Gasteiger partial charge in [-0.25, -0.2) is 9.98 Å². The van der Waals surface area contributed by atoms with E-state index >= 15 is 0 Å². The lowest BCUT2D eigenvalue weighted by Crippen LogP contribution is -2.06. The fourth-order valence-electron chi connectivity index (χ4n) is 2.69. The summed E-state index contributed by atoms with van der Waals surface area (Å²) >= 11 is 3.45. The number of rotatable bonds is 4. The summed E-state index contributed by atoms with van der Waals surface area (Å²) in [7, 11) is 0. The Hall–Kier alpha value is -3.13. The maximum Gasteiger partial charge on any atom is 0.250 e. The van der Waals surface area contributed by atoms with Crippen molar-refractivity contribution in [3.8, 4) is 23.1 Å². The second-order valence-electron chi connectivity index (χ2n) is 6.40. The van der Waals surface area contributed by atoms with Crippen LogP contribution in [-0.2, 0) is 0 Å². The highest BCUT2D eigenvalue weighted by Gasteiger charge is 2.20. The van der Waals surface area contributed by atoms with Gasteiger partial charge in [0.2, 0.25) is 0 Å². The molecule has 8 heteroatoms. The van der Waals surface area contributed by atoms with Crippen molar-refractivity contribution in [1.82, 2.24) is 9.97 Å². The van der Waals surface area contributed by atoms with E-state index < -0.39 is 0 Å². The van der Waals surface area contributed by atoms with E-state index in [0.29, 0.717) is 34.4 Å². The summed E-state index contributed by atoms with van der Waals surface area (Å²) in [4.78, 5) is 13.0. The van der Waals surface area contributed by atoms with Gasteiger partial charge in [-0.2, -0.15) is 4.98 Å². The highest BCUT2D eigenvalue weighted by Crippen LogP contribution is 2.42. The van der Waals surface area contributed by atoms with Crippen LogP contribution in [0.4, 0.5) is 17.2 Å². The molecular weight excluding hydrogens is 424 g/mol. The Balaban J connectivity index is 1.71. The van der Waals surface area contributed by atoms with Crippen LogP contribution in [0.5, 0.6) is 23.1 Å². The van der Waals surface area contributed by atoms with Gasteiger partial charge in [-0.05, 0) is 38.1 Å². The normalized spacial score (nSPS) is 12.0. The first kappa shape index (κ1) is 18.2. The Morgan fingerprint density at radius 2 is 2.04 bits per heavy atom. The minimum absolute atomic E-state index is 0.0204. The second kappa shape index (κ2) is 7.47. The summed E-state index contributed by atoms with van der Waals surface area (Å²) in [5, 5.41) is 13.4. The first-order valence-corrected chi connectivity index (χ1v) is 9.42. The molecule has 0 fully saturated rings. The molecule has 7 nitrogen and oxygen atoms in total. The molecule has 0 saturated carbocycles. The highest BCUT2D eigenvalue weighted by molar-refractivity contribution is 9.10. The topological polar surface area (TPSA) is 88.9 Å². The van der Waals surface area contributed by atoms with Crippen LogP contribution in [0.15, 0.2) is 52.2 Å². The Bertz CT molecular complexity index is 1070. The van der Waals surface area contributed by atoms with Crippen molar-refractivity contribution < 1.29 is 14.6 Å². The van der Waals surface area contributed by atoms with Crippen LogP contribution in [0.3, 0.4) is 0 Å². The molecule has 4 rings (SSSR count). The third-order valence-electron chi connectivity index (χ3n) is 3.87. The van der Waals surface area contributed by atoms with Gasteiger partial charge in [-0.15, -0.1) is 0 Å². The van der Waals surface area contributed by atoms with Gasteiger partial charge in [-0.3, -0.25) is 0 Å². The van der Waals surface area contributed by atoms with Crippen LogP contribution in [0.1, 0.15) is 19.4 Å². The summed E-state index contributed by atoms with van der Waals surface area (Å²) in [6.07, 6.45) is 2.93. The van der Waals surface area contributed by atoms with Crippen molar-refractivity contribution in [3.05, 3.63) is 52.8 Å². The van der Waals surface area contributed by atoms with Crippen LogP contribution in [0.25, 0.3) is 0 Å². The lowest BCUT2D eigenvalue weighted by Gasteiger charge is -2.14. The number of benzene rings is 2. The number of aliphatic imine (C=N–C) groups is 1. The first-order valence-electron chi connectivity index (χ1n) is 8.63. The van der Waals surface area contributed by atoms with Crippen LogP contribution in [0.2, 0.25) is 0 Å². The van der Waals surface area contributed by atoms with Crippen molar-refractivity contribution in [1.29, 1.82) is 0 Å². The molecule has 0 saturated heterocycles. The van der Waals surface area contributed by atoms with Crippen molar-refractivity contribution in [2.75, 3.05) is 5.32 Å². The van der Waals surface area contributed by atoms with Crippen LogP contribution in [-0.4, -0.2) is 27.4 Å². The number of nitrogens with zero attached hydrogens (tertiary/aromatic N) is 3. The summed E-state index contributed by atoms with van der Waals surface area (Å²) in [5.41, 5.74) is 1.92. The molecule has 0 bridgehead atoms. The quantitative estimate of drug-likeness (QED) is 0.445. The number of ether oxygens (including phenoxy) is 2. The minimum Gasteiger partial charge on any atom is -0.504 e. The van der Waals surface area contributed by atoms with Crippen LogP contribution < -0.4 is 14.8 Å². The largest absolute Gasteiger partial charge is 0.504 e. The smallest absolute Gasteiger partial charge is 0.250 e. The molecule has 0 aliphatic carbocycles. The zero-order valence-corrected chi connectivity index (χ0v) is 16.8. The zero-order chi connectivity index (χ0) is 19.7. The number of fused-ring (bicyclic) bond motifs is 2. The summed E-state index contributed by atoms with van der Waals surface area (Å²) in [5.74, 6) is 1.67. The predicted molar refractivity (Wildman–Crippen MR) is 111 cm³/mol. The standard InChI is InChI=1S/C20H17BrN4O3/c1-11(2)27-17-8-16-12(6-15(17)26)9-22-18-19(23-10-24-20(18)28-16)25-14-5-3-4-13(21)7-14/h3-11,26H,1-2H3,(H,23,24,25). The maximum absolute atomic E-state index is 10.2. The molecule has 1 aromatic heterocycles. The fraction of sp³-hybridized carbons (Fsp3) is 0.150. The van der Waals surface area contributed by atoms with Gasteiger partial charge in [-0.1, -0.05) is 22.0 Å². The number of hydrogen-bond donors (Lipinski definition) is 2. The van der Waals surface area contributed by atoms with Crippen molar-refractivity contribution >= 4 is 39.3 Å². The number of anilines is 2. The van der Waals surface area contributed by atoms with Gasteiger partial charge >= 0.3 is 0 Å². The number of hydrogen-bond acceptors (Lipinski definition) is 7. The molecule has 28 heavy (non-hydrogen) atoms. The molecule has 2 aromatic carbocycles. The van der Waals surface area contributed by atoms with Gasteiger partial charge in [0.1, 0.15) is 12.1 Å². The van der Waals surface area contributed by atoms with E-state index in [-0.39, 0.29) is 11.9 Å². The third kappa shape index (κ3) is 3.77. The molecule has 1 aliphatic rings. The van der Waals surface area contributed by atoms with E-state index in [0.717, 1.165) is 10.2 Å². The predicted octanol–water partition coefficient (Wildman–Crippen LogP) is 5.33. The number of nitrogens with one attached hydrogen (secondary N) is 1. The number of phenols is 1. The summed E-state index contributed by atoms with van der Waals surface area (Å²) < 4.78 is 12.5. The molecule has 142 valence electrons. The molecule has 3 aromatic rings. The Labute approximate surface area is 170 Å². The molecule has 2 heterocycles. The number of aromatic nitrogens is 2. The molecule has 0 unspecified atom stereocenters. The molecule has 1 aliphatic heterocycles. The lowest BCUT2D eigenvalue weighted by atomic mass is 10.2. The Morgan fingerprint density at radius 3 is 2.82 bits per heavy atom. The van der Waals surface area contributed by atoms with Crippen molar-refractivity contribution in [2.45, 2.75) is 20.0 Å². The molecule has 0 spiro atoms. The Kier molecular flexibility index (Phi) is 4.87. The fourth-order valence-corrected chi connectivity index (χ4v) is 3.09. The van der Waals surface area contributed by atoms with E-state index in [1.807, 2.05) is 38.1 Å². The maximum atomic E-state index is 10.2. The van der Waals surface area contributed by atoms with Gasteiger partial charge in [0.25, 0.3) is 5.88 Å². The molecular formula is C20H17BrN4O3. The highest BCUT2D eigenvalue weighted by atomic mass is 79.9. The second-order valence-corrected chi connectivity index (χ2v) is 7.31.